The Morgan fingerprint density at radius 2 is 2.06 bits per heavy atom. The van der Waals surface area contributed by atoms with Crippen LogP contribution in [0.1, 0.15) is 36.7 Å². The Kier molecular flexibility index (Phi) is 5.35. The maximum atomic E-state index is 12.6. The van der Waals surface area contributed by atoms with Crippen LogP contribution in [0.2, 0.25) is 0 Å². The van der Waals surface area contributed by atoms with Crippen LogP contribution in [0.25, 0.3) is 0 Å². The van der Waals surface area contributed by atoms with E-state index in [1.165, 1.54) is 0 Å². The quantitative estimate of drug-likeness (QED) is 0.788. The van der Waals surface area contributed by atoms with E-state index in [2.05, 4.69) is 5.32 Å². The zero-order chi connectivity index (χ0) is 13.7. The molecular formula is C15H23NO2. The molecule has 1 aromatic rings. The fraction of sp³-hybridized carbons (Fsp3) is 0.533. The van der Waals surface area contributed by atoms with Gasteiger partial charge >= 0.3 is 0 Å². The van der Waals surface area contributed by atoms with E-state index in [9.17, 15) is 4.79 Å². The third kappa shape index (κ3) is 3.33. The smallest absolute Gasteiger partial charge is 0.183 e. The highest BCUT2D eigenvalue weighted by atomic mass is 16.5. The van der Waals surface area contributed by atoms with Crippen LogP contribution in [-0.4, -0.2) is 25.5 Å². The third-order valence-corrected chi connectivity index (χ3v) is 2.99. The molecule has 0 bridgehead atoms. The van der Waals surface area contributed by atoms with Gasteiger partial charge in [-0.05, 0) is 31.5 Å². The molecule has 1 rings (SSSR count). The maximum Gasteiger partial charge on any atom is 0.183 e. The predicted molar refractivity (Wildman–Crippen MR) is 74.4 cm³/mol. The number of aryl methyl sites for hydroxylation is 1. The van der Waals surface area contributed by atoms with Crippen molar-refractivity contribution in [3.8, 4) is 5.75 Å². The zero-order valence-corrected chi connectivity index (χ0v) is 11.9. The highest BCUT2D eigenvalue weighted by Crippen LogP contribution is 2.22. The molecule has 0 fully saturated rings. The predicted octanol–water partition coefficient (Wildman–Crippen LogP) is 2.82. The normalized spacial score (nSPS) is 12.6. The number of methoxy groups -OCH3 is 1. The number of hydrogen-bond donors (Lipinski definition) is 1. The zero-order valence-electron chi connectivity index (χ0n) is 11.9. The Bertz CT molecular complexity index is 413. The minimum Gasteiger partial charge on any atom is -0.496 e. The fourth-order valence-electron chi connectivity index (χ4n) is 2.03. The van der Waals surface area contributed by atoms with Gasteiger partial charge in [0, 0.05) is 0 Å². The summed E-state index contributed by atoms with van der Waals surface area (Å²) in [5.74, 6) is 1.00. The average molecular weight is 249 g/mol. The lowest BCUT2D eigenvalue weighted by Gasteiger charge is -2.21. The van der Waals surface area contributed by atoms with Crippen molar-refractivity contribution in [2.75, 3.05) is 13.7 Å². The minimum absolute atomic E-state index is 0.104. The first kappa shape index (κ1) is 14.7. The molecule has 0 saturated heterocycles. The van der Waals surface area contributed by atoms with Gasteiger partial charge in [0.05, 0.1) is 18.7 Å². The van der Waals surface area contributed by atoms with Gasteiger partial charge in [-0.1, -0.05) is 32.4 Å². The van der Waals surface area contributed by atoms with Crippen LogP contribution < -0.4 is 10.1 Å². The van der Waals surface area contributed by atoms with E-state index in [-0.39, 0.29) is 17.7 Å². The number of hydrogen-bond acceptors (Lipinski definition) is 3. The number of Topliss-reactive ketones (excluding diaryl/α,β-unsaturated/α-hetero) is 1. The van der Waals surface area contributed by atoms with Crippen LogP contribution in [0.4, 0.5) is 0 Å². The molecule has 0 heterocycles. The second kappa shape index (κ2) is 6.55. The van der Waals surface area contributed by atoms with Crippen LogP contribution in [-0.2, 0) is 0 Å². The molecule has 1 aromatic carbocycles. The summed E-state index contributed by atoms with van der Waals surface area (Å²) in [7, 11) is 1.60. The largest absolute Gasteiger partial charge is 0.496 e. The van der Waals surface area contributed by atoms with Crippen molar-refractivity contribution in [3.63, 3.8) is 0 Å². The molecule has 0 amide bonds. The van der Waals surface area contributed by atoms with E-state index in [4.69, 9.17) is 4.74 Å². The number of ketones is 1. The summed E-state index contributed by atoms with van der Waals surface area (Å²) in [5, 5.41) is 3.25. The molecular weight excluding hydrogens is 226 g/mol. The van der Waals surface area contributed by atoms with Crippen molar-refractivity contribution in [3.05, 3.63) is 29.3 Å². The van der Waals surface area contributed by atoms with Crippen molar-refractivity contribution in [1.29, 1.82) is 0 Å². The Hall–Kier alpha value is -1.35. The van der Waals surface area contributed by atoms with E-state index >= 15 is 0 Å². The Morgan fingerprint density at radius 3 is 2.56 bits per heavy atom. The number of carbonyl (C=O) groups is 1. The Morgan fingerprint density at radius 1 is 1.39 bits per heavy atom. The van der Waals surface area contributed by atoms with Crippen molar-refractivity contribution < 1.29 is 9.53 Å². The minimum atomic E-state index is -0.161. The molecule has 1 unspecified atom stereocenters. The summed E-state index contributed by atoms with van der Waals surface area (Å²) in [6.45, 7) is 8.87. The Balaban J connectivity index is 3.11. The van der Waals surface area contributed by atoms with E-state index in [0.717, 1.165) is 12.1 Å². The number of carbonyl (C=O) groups excluding carboxylic acids is 1. The van der Waals surface area contributed by atoms with Gasteiger partial charge in [0.15, 0.2) is 5.78 Å². The molecule has 1 atom stereocenters. The number of benzene rings is 1. The molecule has 0 aliphatic heterocycles. The third-order valence-electron chi connectivity index (χ3n) is 2.99. The highest BCUT2D eigenvalue weighted by molar-refractivity contribution is 6.02. The molecule has 3 heteroatoms. The topological polar surface area (TPSA) is 38.3 Å². The summed E-state index contributed by atoms with van der Waals surface area (Å²) in [6, 6.07) is 5.54. The van der Waals surface area contributed by atoms with Crippen molar-refractivity contribution in [2.45, 2.75) is 33.7 Å². The van der Waals surface area contributed by atoms with Gasteiger partial charge in [0.2, 0.25) is 0 Å². The molecule has 0 saturated carbocycles. The van der Waals surface area contributed by atoms with Gasteiger partial charge in [-0.2, -0.15) is 0 Å². The second-order valence-electron chi connectivity index (χ2n) is 4.85. The SMILES string of the molecule is CCNC(C(=O)c1cc(C)ccc1OC)C(C)C. The molecule has 3 nitrogen and oxygen atoms in total. The number of ether oxygens (including phenoxy) is 1. The van der Waals surface area contributed by atoms with E-state index in [1.807, 2.05) is 45.9 Å². The van der Waals surface area contributed by atoms with Crippen molar-refractivity contribution in [1.82, 2.24) is 5.32 Å². The summed E-state index contributed by atoms with van der Waals surface area (Å²) >= 11 is 0. The first-order chi connectivity index (χ1) is 8.51. The van der Waals surface area contributed by atoms with E-state index < -0.39 is 0 Å². The highest BCUT2D eigenvalue weighted by Gasteiger charge is 2.24. The summed E-state index contributed by atoms with van der Waals surface area (Å²) < 4.78 is 5.28. The summed E-state index contributed by atoms with van der Waals surface area (Å²) in [6.07, 6.45) is 0. The molecule has 0 radical (unpaired) electrons. The maximum absolute atomic E-state index is 12.6. The monoisotopic (exact) mass is 249 g/mol. The molecule has 0 spiro atoms. The number of rotatable bonds is 6. The van der Waals surface area contributed by atoms with Crippen LogP contribution in [0.3, 0.4) is 0 Å². The lowest BCUT2D eigenvalue weighted by molar-refractivity contribution is 0.0915. The second-order valence-corrected chi connectivity index (χ2v) is 4.85. The molecule has 0 aromatic heterocycles. The van der Waals surface area contributed by atoms with E-state index in [1.54, 1.807) is 7.11 Å². The van der Waals surface area contributed by atoms with Crippen LogP contribution >= 0.6 is 0 Å². The lowest BCUT2D eigenvalue weighted by atomic mass is 9.93. The summed E-state index contributed by atoms with van der Waals surface area (Å²) in [5.41, 5.74) is 1.73. The van der Waals surface area contributed by atoms with Gasteiger partial charge in [0.25, 0.3) is 0 Å². The average Bonchev–Trinajstić information content (AvgIpc) is 2.34. The van der Waals surface area contributed by atoms with Crippen LogP contribution in [0.15, 0.2) is 18.2 Å². The molecule has 0 aliphatic carbocycles. The standard InChI is InChI=1S/C15H23NO2/c1-6-16-14(10(2)3)15(17)12-9-11(4)7-8-13(12)18-5/h7-10,14,16H,6H2,1-5H3. The van der Waals surface area contributed by atoms with Gasteiger partial charge in [-0.3, -0.25) is 4.79 Å². The first-order valence-electron chi connectivity index (χ1n) is 6.43. The first-order valence-corrected chi connectivity index (χ1v) is 6.43. The molecule has 100 valence electrons. The molecule has 1 N–H and O–H groups in total. The van der Waals surface area contributed by atoms with Gasteiger partial charge in [-0.15, -0.1) is 0 Å². The van der Waals surface area contributed by atoms with Crippen molar-refractivity contribution >= 4 is 5.78 Å². The van der Waals surface area contributed by atoms with Crippen molar-refractivity contribution in [2.24, 2.45) is 5.92 Å². The molecule has 0 aliphatic rings. The fourth-order valence-corrected chi connectivity index (χ4v) is 2.03. The van der Waals surface area contributed by atoms with Gasteiger partial charge in [-0.25, -0.2) is 0 Å². The lowest BCUT2D eigenvalue weighted by Crippen LogP contribution is -2.41. The van der Waals surface area contributed by atoms with Crippen LogP contribution in [0.5, 0.6) is 5.75 Å². The van der Waals surface area contributed by atoms with Gasteiger partial charge < -0.3 is 10.1 Å². The van der Waals surface area contributed by atoms with Crippen LogP contribution in [0, 0.1) is 12.8 Å². The van der Waals surface area contributed by atoms with Gasteiger partial charge in [0.1, 0.15) is 5.75 Å². The van der Waals surface area contributed by atoms with E-state index in [0.29, 0.717) is 11.3 Å². The Labute approximate surface area is 110 Å². The number of nitrogens with one attached hydrogen (secondary N) is 1. The number of likely N-dealkylation sites (N-methyl/N-ethyl adjacent to an activating group) is 1. The molecule has 18 heavy (non-hydrogen) atoms. The summed E-state index contributed by atoms with van der Waals surface area (Å²) in [4.78, 5) is 12.6.